The summed E-state index contributed by atoms with van der Waals surface area (Å²) in [6.07, 6.45) is 1.51. The number of carbonyl (C=O) groups excluding carboxylic acids is 1. The van der Waals surface area contributed by atoms with E-state index in [9.17, 15) is 4.79 Å². The lowest BCUT2D eigenvalue weighted by Crippen LogP contribution is -2.31. The topological polar surface area (TPSA) is 84.1 Å². The van der Waals surface area contributed by atoms with Crippen molar-refractivity contribution in [3.63, 3.8) is 0 Å². The van der Waals surface area contributed by atoms with Crippen LogP contribution in [-0.4, -0.2) is 40.4 Å². The predicted octanol–water partition coefficient (Wildman–Crippen LogP) is 0.572. The summed E-state index contributed by atoms with van der Waals surface area (Å²) in [6, 6.07) is -0.201. The van der Waals surface area contributed by atoms with Crippen molar-refractivity contribution in [3.8, 4) is 0 Å². The summed E-state index contributed by atoms with van der Waals surface area (Å²) >= 11 is 0. The highest BCUT2D eigenvalue weighted by Gasteiger charge is 2.29. The highest BCUT2D eigenvalue weighted by molar-refractivity contribution is 5.86. The normalized spacial score (nSPS) is 19.4. The average Bonchev–Trinajstić information content (AvgIpc) is 2.66. The molecule has 1 amide bonds. The van der Waals surface area contributed by atoms with Crippen LogP contribution in [0.3, 0.4) is 0 Å². The molecule has 0 saturated carbocycles. The number of likely N-dealkylation sites (N-methyl/N-ethyl adjacent to an activating group) is 1. The maximum Gasteiger partial charge on any atom is 0.244 e. The van der Waals surface area contributed by atoms with Gasteiger partial charge >= 0.3 is 0 Å². The molecule has 1 aromatic rings. The molecule has 0 bridgehead atoms. The van der Waals surface area contributed by atoms with Crippen molar-refractivity contribution in [2.24, 2.45) is 0 Å². The van der Waals surface area contributed by atoms with Gasteiger partial charge in [0.25, 0.3) is 0 Å². The van der Waals surface area contributed by atoms with Gasteiger partial charge in [0.05, 0.1) is 0 Å². The van der Waals surface area contributed by atoms with Gasteiger partial charge in [0, 0.05) is 25.6 Å². The first-order valence-electron chi connectivity index (χ1n) is 6.17. The third kappa shape index (κ3) is 2.23. The second-order valence-corrected chi connectivity index (χ2v) is 4.60. The molecule has 2 rings (SSSR count). The smallest absolute Gasteiger partial charge is 0.244 e. The summed E-state index contributed by atoms with van der Waals surface area (Å²) in [5.41, 5.74) is 6.65. The second-order valence-electron chi connectivity index (χ2n) is 4.60. The lowest BCUT2D eigenvalue weighted by Gasteiger charge is -2.15. The summed E-state index contributed by atoms with van der Waals surface area (Å²) in [7, 11) is 1.81. The highest BCUT2D eigenvalue weighted by Crippen LogP contribution is 2.21. The second kappa shape index (κ2) is 4.80. The Balaban J connectivity index is 2.23. The Morgan fingerprint density at radius 3 is 2.78 bits per heavy atom. The molecule has 2 heterocycles. The molecule has 6 nitrogen and oxygen atoms in total. The summed E-state index contributed by atoms with van der Waals surface area (Å²) in [6.45, 7) is 4.61. The molecule has 3 N–H and O–H groups in total. The number of amides is 1. The molecule has 6 heteroatoms. The molecule has 1 aliphatic heterocycles. The molecular formula is C12H19N5O. The van der Waals surface area contributed by atoms with E-state index in [0.29, 0.717) is 17.5 Å². The number of nitrogens with two attached hydrogens (primary N) is 1. The molecule has 1 aliphatic rings. The number of carbonyl (C=O) groups is 1. The van der Waals surface area contributed by atoms with Crippen molar-refractivity contribution < 1.29 is 4.79 Å². The lowest BCUT2D eigenvalue weighted by atomic mass is 10.2. The number of aryl methyl sites for hydroxylation is 1. The fourth-order valence-electron chi connectivity index (χ4n) is 2.00. The van der Waals surface area contributed by atoms with E-state index in [0.717, 1.165) is 24.9 Å². The molecule has 1 fully saturated rings. The number of nitrogen functional groups attached to an aromatic ring is 1. The van der Waals surface area contributed by atoms with Crippen molar-refractivity contribution in [1.82, 2.24) is 14.9 Å². The standard InChI is InChI=1S/C12H19N5O/c1-4-9-15-10(13)7(2)11(16-9)14-8-5-6-17(3)12(8)18/h8H,4-6H2,1-3H3,(H3,13,14,15,16). The molecule has 0 aliphatic carbocycles. The number of nitrogens with zero attached hydrogens (tertiary/aromatic N) is 3. The molecule has 0 radical (unpaired) electrons. The molecule has 18 heavy (non-hydrogen) atoms. The van der Waals surface area contributed by atoms with Crippen molar-refractivity contribution in [1.29, 1.82) is 0 Å². The summed E-state index contributed by atoms with van der Waals surface area (Å²) in [4.78, 5) is 22.2. The van der Waals surface area contributed by atoms with Crippen LogP contribution >= 0.6 is 0 Å². The minimum atomic E-state index is -0.201. The fourth-order valence-corrected chi connectivity index (χ4v) is 2.00. The average molecular weight is 249 g/mol. The van der Waals surface area contributed by atoms with E-state index < -0.39 is 0 Å². The summed E-state index contributed by atoms with van der Waals surface area (Å²) in [5, 5.41) is 3.18. The van der Waals surface area contributed by atoms with Gasteiger partial charge in [0.2, 0.25) is 5.91 Å². The van der Waals surface area contributed by atoms with Crippen LogP contribution < -0.4 is 11.1 Å². The van der Waals surface area contributed by atoms with E-state index in [1.54, 1.807) is 4.90 Å². The Morgan fingerprint density at radius 2 is 2.22 bits per heavy atom. The summed E-state index contributed by atoms with van der Waals surface area (Å²) < 4.78 is 0. The van der Waals surface area contributed by atoms with E-state index >= 15 is 0 Å². The Morgan fingerprint density at radius 1 is 1.50 bits per heavy atom. The third-order valence-corrected chi connectivity index (χ3v) is 3.28. The van der Waals surface area contributed by atoms with Gasteiger partial charge in [-0.25, -0.2) is 9.97 Å². The molecule has 98 valence electrons. The Kier molecular flexibility index (Phi) is 3.36. The maximum atomic E-state index is 11.8. The van der Waals surface area contributed by atoms with Crippen LogP contribution in [0.25, 0.3) is 0 Å². The molecule has 1 aromatic heterocycles. The van der Waals surface area contributed by atoms with Gasteiger partial charge < -0.3 is 16.0 Å². The molecule has 0 spiro atoms. The van der Waals surface area contributed by atoms with Crippen molar-refractivity contribution in [2.75, 3.05) is 24.6 Å². The lowest BCUT2D eigenvalue weighted by molar-refractivity contribution is -0.127. The van der Waals surface area contributed by atoms with Crippen molar-refractivity contribution in [2.45, 2.75) is 32.7 Å². The van der Waals surface area contributed by atoms with Gasteiger partial charge in [0.1, 0.15) is 23.5 Å². The van der Waals surface area contributed by atoms with Crippen molar-refractivity contribution >= 4 is 17.5 Å². The zero-order chi connectivity index (χ0) is 13.3. The first-order chi connectivity index (χ1) is 8.52. The van der Waals surface area contributed by atoms with E-state index in [-0.39, 0.29) is 11.9 Å². The zero-order valence-corrected chi connectivity index (χ0v) is 11.0. The first kappa shape index (κ1) is 12.6. The monoisotopic (exact) mass is 249 g/mol. The van der Waals surface area contributed by atoms with E-state index in [4.69, 9.17) is 5.73 Å². The zero-order valence-electron chi connectivity index (χ0n) is 11.0. The minimum Gasteiger partial charge on any atom is -0.383 e. The first-order valence-corrected chi connectivity index (χ1v) is 6.17. The fraction of sp³-hybridized carbons (Fsp3) is 0.583. The maximum absolute atomic E-state index is 11.8. The predicted molar refractivity (Wildman–Crippen MR) is 70.2 cm³/mol. The van der Waals surface area contributed by atoms with Gasteiger partial charge in [-0.1, -0.05) is 6.92 Å². The number of nitrogens with one attached hydrogen (secondary N) is 1. The Labute approximate surface area is 107 Å². The van der Waals surface area contributed by atoms with Gasteiger partial charge in [-0.15, -0.1) is 0 Å². The number of rotatable bonds is 3. The molecule has 0 aromatic carbocycles. The third-order valence-electron chi connectivity index (χ3n) is 3.28. The SMILES string of the molecule is CCc1nc(N)c(C)c(NC2CCN(C)C2=O)n1. The van der Waals surface area contributed by atoms with Gasteiger partial charge in [0.15, 0.2) is 0 Å². The van der Waals surface area contributed by atoms with E-state index in [2.05, 4.69) is 15.3 Å². The Bertz CT molecular complexity index is 474. The molecule has 1 unspecified atom stereocenters. The summed E-state index contributed by atoms with van der Waals surface area (Å²) in [5.74, 6) is 1.94. The number of aromatic nitrogens is 2. The number of hydrogen-bond donors (Lipinski definition) is 2. The van der Waals surface area contributed by atoms with Crippen LogP contribution in [0.1, 0.15) is 24.7 Å². The van der Waals surface area contributed by atoms with E-state index in [1.165, 1.54) is 0 Å². The van der Waals surface area contributed by atoms with Crippen LogP contribution in [0, 0.1) is 6.92 Å². The van der Waals surface area contributed by atoms with Crippen molar-refractivity contribution in [3.05, 3.63) is 11.4 Å². The van der Waals surface area contributed by atoms with Crippen LogP contribution in [0.2, 0.25) is 0 Å². The molecule has 1 saturated heterocycles. The minimum absolute atomic E-state index is 0.102. The number of hydrogen-bond acceptors (Lipinski definition) is 5. The van der Waals surface area contributed by atoms with Crippen LogP contribution in [0.5, 0.6) is 0 Å². The number of anilines is 2. The van der Waals surface area contributed by atoms with Crippen LogP contribution in [-0.2, 0) is 11.2 Å². The highest BCUT2D eigenvalue weighted by atomic mass is 16.2. The quantitative estimate of drug-likeness (QED) is 0.818. The molecule has 1 atom stereocenters. The molecular weight excluding hydrogens is 230 g/mol. The van der Waals surface area contributed by atoms with Gasteiger partial charge in [-0.2, -0.15) is 0 Å². The largest absolute Gasteiger partial charge is 0.383 e. The van der Waals surface area contributed by atoms with Crippen LogP contribution in [0.4, 0.5) is 11.6 Å². The van der Waals surface area contributed by atoms with Crippen LogP contribution in [0.15, 0.2) is 0 Å². The number of likely N-dealkylation sites (tertiary alicyclic amines) is 1. The Hall–Kier alpha value is -1.85. The van der Waals surface area contributed by atoms with E-state index in [1.807, 2.05) is 20.9 Å². The van der Waals surface area contributed by atoms with Gasteiger partial charge in [-0.3, -0.25) is 4.79 Å². The van der Waals surface area contributed by atoms with Gasteiger partial charge in [-0.05, 0) is 13.3 Å².